The molecule has 3 aliphatic rings. The van der Waals surface area contributed by atoms with E-state index in [0.29, 0.717) is 17.7 Å². The maximum atomic E-state index is 6.29. The number of hydrogen-bond acceptors (Lipinski definition) is 3. The van der Waals surface area contributed by atoms with Crippen molar-refractivity contribution in [3.8, 4) is 5.75 Å². The Morgan fingerprint density at radius 3 is 2.75 bits per heavy atom. The molecule has 4 heteroatoms. The summed E-state index contributed by atoms with van der Waals surface area (Å²) in [5, 5.41) is 4.35. The second-order valence-electron chi connectivity index (χ2n) is 5.88. The smallest absolute Gasteiger partial charge is 0.138 e. The first-order chi connectivity index (χ1) is 9.76. The van der Waals surface area contributed by atoms with Crippen molar-refractivity contribution in [3.05, 3.63) is 23.2 Å². The maximum absolute atomic E-state index is 6.29. The summed E-state index contributed by atoms with van der Waals surface area (Å²) < 4.78 is 5.61. The van der Waals surface area contributed by atoms with Gasteiger partial charge in [-0.1, -0.05) is 18.5 Å². The van der Waals surface area contributed by atoms with Crippen molar-refractivity contribution in [2.45, 2.75) is 32.2 Å². The Kier molecular flexibility index (Phi) is 4.37. The van der Waals surface area contributed by atoms with Crippen LogP contribution in [0.25, 0.3) is 0 Å². The van der Waals surface area contributed by atoms with Crippen molar-refractivity contribution < 1.29 is 4.74 Å². The van der Waals surface area contributed by atoms with Gasteiger partial charge in [-0.15, -0.1) is 0 Å². The lowest BCUT2D eigenvalue weighted by atomic mass is 9.84. The van der Waals surface area contributed by atoms with E-state index in [1.807, 2.05) is 12.1 Å². The molecule has 3 nitrogen and oxygen atoms in total. The van der Waals surface area contributed by atoms with Gasteiger partial charge < -0.3 is 15.0 Å². The molecule has 0 amide bonds. The highest BCUT2D eigenvalue weighted by Gasteiger charge is 2.33. The summed E-state index contributed by atoms with van der Waals surface area (Å²) in [6, 6.07) is 6.61. The predicted molar refractivity (Wildman–Crippen MR) is 83.8 cm³/mol. The van der Waals surface area contributed by atoms with Gasteiger partial charge >= 0.3 is 0 Å². The lowest BCUT2D eigenvalue weighted by Crippen LogP contribution is -2.53. The van der Waals surface area contributed by atoms with Gasteiger partial charge in [-0.25, -0.2) is 0 Å². The highest BCUT2D eigenvalue weighted by atomic mass is 35.5. The van der Waals surface area contributed by atoms with E-state index < -0.39 is 0 Å². The normalized spacial score (nSPS) is 28.4. The van der Waals surface area contributed by atoms with Crippen molar-refractivity contribution in [1.82, 2.24) is 4.90 Å². The summed E-state index contributed by atoms with van der Waals surface area (Å²) >= 11 is 6.29. The van der Waals surface area contributed by atoms with Crippen LogP contribution in [0.1, 0.15) is 26.2 Å². The Labute approximate surface area is 126 Å². The fraction of sp³-hybridized carbons (Fsp3) is 0.625. The molecule has 1 unspecified atom stereocenters. The first-order valence-corrected chi connectivity index (χ1v) is 8.05. The summed E-state index contributed by atoms with van der Waals surface area (Å²) in [7, 11) is 0. The molecule has 3 fully saturated rings. The molecule has 3 saturated heterocycles. The first-order valence-electron chi connectivity index (χ1n) is 7.67. The van der Waals surface area contributed by atoms with Crippen LogP contribution in [0, 0.1) is 5.92 Å². The predicted octanol–water partition coefficient (Wildman–Crippen LogP) is 3.63. The minimum Gasteiger partial charge on any atom is -0.492 e. The van der Waals surface area contributed by atoms with E-state index in [1.165, 1.54) is 25.9 Å². The molecule has 0 radical (unpaired) electrons. The van der Waals surface area contributed by atoms with Crippen LogP contribution >= 0.6 is 11.6 Å². The lowest BCUT2D eigenvalue weighted by molar-refractivity contribution is 0.0975. The van der Waals surface area contributed by atoms with Gasteiger partial charge in [0.2, 0.25) is 0 Å². The molecule has 1 aromatic rings. The van der Waals surface area contributed by atoms with Crippen LogP contribution < -0.4 is 10.1 Å². The van der Waals surface area contributed by atoms with Crippen molar-refractivity contribution in [2.24, 2.45) is 5.92 Å². The van der Waals surface area contributed by atoms with Crippen LogP contribution in [0.15, 0.2) is 18.2 Å². The van der Waals surface area contributed by atoms with Gasteiger partial charge in [-0.2, -0.15) is 0 Å². The Hall–Kier alpha value is -0.930. The first kappa shape index (κ1) is 14.0. The number of ether oxygens (including phenoxy) is 1. The Morgan fingerprint density at radius 1 is 1.35 bits per heavy atom. The molecule has 3 aliphatic heterocycles. The summed E-state index contributed by atoms with van der Waals surface area (Å²) in [5.74, 6) is 1.60. The Balaban J connectivity index is 1.64. The zero-order valence-electron chi connectivity index (χ0n) is 12.1. The SMILES string of the molecule is CCCOc1ccc(NC2CN3CCC2CC3)cc1Cl. The van der Waals surface area contributed by atoms with Gasteiger partial charge in [-0.3, -0.25) is 0 Å². The molecule has 110 valence electrons. The second kappa shape index (κ2) is 6.23. The van der Waals surface area contributed by atoms with Gasteiger partial charge in [0, 0.05) is 18.3 Å². The standard InChI is InChI=1S/C16H23ClN2O/c1-2-9-20-16-4-3-13(10-14(16)17)18-15-11-19-7-5-12(15)6-8-19/h3-4,10,12,15,18H,2,5-9,11H2,1H3. The fourth-order valence-electron chi connectivity index (χ4n) is 3.26. The van der Waals surface area contributed by atoms with E-state index in [4.69, 9.17) is 16.3 Å². The molecular formula is C16H23ClN2O. The van der Waals surface area contributed by atoms with E-state index in [1.54, 1.807) is 0 Å². The monoisotopic (exact) mass is 294 g/mol. The van der Waals surface area contributed by atoms with Crippen molar-refractivity contribution in [2.75, 3.05) is 31.6 Å². The van der Waals surface area contributed by atoms with Crippen LogP contribution in [0.4, 0.5) is 5.69 Å². The molecule has 0 aliphatic carbocycles. The number of halogens is 1. The highest BCUT2D eigenvalue weighted by molar-refractivity contribution is 6.32. The van der Waals surface area contributed by atoms with Crippen LogP contribution in [0.2, 0.25) is 5.02 Å². The van der Waals surface area contributed by atoms with E-state index in [2.05, 4.69) is 23.2 Å². The number of anilines is 1. The molecule has 0 aromatic heterocycles. The Morgan fingerprint density at radius 2 is 2.15 bits per heavy atom. The van der Waals surface area contributed by atoms with Gasteiger partial charge in [0.05, 0.1) is 11.6 Å². The van der Waals surface area contributed by atoms with Crippen LogP contribution in [-0.4, -0.2) is 37.2 Å². The topological polar surface area (TPSA) is 24.5 Å². The van der Waals surface area contributed by atoms with E-state index in [-0.39, 0.29) is 0 Å². The maximum Gasteiger partial charge on any atom is 0.138 e. The molecule has 1 N–H and O–H groups in total. The molecule has 1 aromatic carbocycles. The van der Waals surface area contributed by atoms with Crippen LogP contribution in [-0.2, 0) is 0 Å². The number of hydrogen-bond donors (Lipinski definition) is 1. The molecule has 4 rings (SSSR count). The van der Waals surface area contributed by atoms with Crippen molar-refractivity contribution in [1.29, 1.82) is 0 Å². The third-order valence-electron chi connectivity index (χ3n) is 4.40. The Bertz CT molecular complexity index is 458. The average molecular weight is 295 g/mol. The summed E-state index contributed by atoms with van der Waals surface area (Å²) in [6.07, 6.45) is 3.64. The van der Waals surface area contributed by atoms with E-state index in [9.17, 15) is 0 Å². The minimum absolute atomic E-state index is 0.566. The molecule has 3 heterocycles. The quantitative estimate of drug-likeness (QED) is 0.897. The van der Waals surface area contributed by atoms with E-state index in [0.717, 1.165) is 30.3 Å². The molecular weight excluding hydrogens is 272 g/mol. The van der Waals surface area contributed by atoms with Crippen molar-refractivity contribution in [3.63, 3.8) is 0 Å². The third kappa shape index (κ3) is 3.04. The molecule has 0 saturated carbocycles. The number of rotatable bonds is 5. The van der Waals surface area contributed by atoms with Gasteiger partial charge in [-0.05, 0) is 56.5 Å². The minimum atomic E-state index is 0.566. The summed E-state index contributed by atoms with van der Waals surface area (Å²) in [5.41, 5.74) is 1.11. The number of piperidine rings is 3. The van der Waals surface area contributed by atoms with Crippen LogP contribution in [0.5, 0.6) is 5.75 Å². The number of fused-ring (bicyclic) bond motifs is 3. The molecule has 20 heavy (non-hydrogen) atoms. The van der Waals surface area contributed by atoms with Crippen molar-refractivity contribution >= 4 is 17.3 Å². The number of nitrogens with one attached hydrogen (secondary N) is 1. The number of benzene rings is 1. The highest BCUT2D eigenvalue weighted by Crippen LogP contribution is 2.32. The zero-order valence-corrected chi connectivity index (χ0v) is 12.8. The van der Waals surface area contributed by atoms with Gasteiger partial charge in [0.25, 0.3) is 0 Å². The average Bonchev–Trinajstić information content (AvgIpc) is 2.48. The van der Waals surface area contributed by atoms with Gasteiger partial charge in [0.1, 0.15) is 5.75 Å². The number of nitrogens with zero attached hydrogens (tertiary/aromatic N) is 1. The molecule has 0 spiro atoms. The summed E-state index contributed by atoms with van der Waals surface area (Å²) in [6.45, 7) is 6.51. The third-order valence-corrected chi connectivity index (χ3v) is 4.70. The fourth-order valence-corrected chi connectivity index (χ4v) is 3.50. The van der Waals surface area contributed by atoms with Gasteiger partial charge in [0.15, 0.2) is 0 Å². The second-order valence-corrected chi connectivity index (χ2v) is 6.29. The zero-order chi connectivity index (χ0) is 13.9. The van der Waals surface area contributed by atoms with Crippen LogP contribution in [0.3, 0.4) is 0 Å². The van der Waals surface area contributed by atoms with E-state index >= 15 is 0 Å². The molecule has 1 atom stereocenters. The lowest BCUT2D eigenvalue weighted by Gasteiger charge is -2.45. The largest absolute Gasteiger partial charge is 0.492 e. The summed E-state index contributed by atoms with van der Waals surface area (Å²) in [4.78, 5) is 2.55. The molecule has 2 bridgehead atoms.